The minimum absolute atomic E-state index is 0.880. The van der Waals surface area contributed by atoms with E-state index in [0.717, 1.165) is 44.5 Å². The first-order chi connectivity index (χ1) is 28.8. The van der Waals surface area contributed by atoms with Crippen molar-refractivity contribution in [3.63, 3.8) is 0 Å². The highest BCUT2D eigenvalue weighted by Crippen LogP contribution is 2.45. The van der Waals surface area contributed by atoms with Gasteiger partial charge in [0.1, 0.15) is 11.2 Å². The van der Waals surface area contributed by atoms with E-state index >= 15 is 0 Å². The summed E-state index contributed by atoms with van der Waals surface area (Å²) >= 11 is 0. The predicted molar refractivity (Wildman–Crippen MR) is 242 cm³/mol. The van der Waals surface area contributed by atoms with E-state index in [1.54, 1.807) is 0 Å². The summed E-state index contributed by atoms with van der Waals surface area (Å²) in [7, 11) is 0. The topological polar surface area (TPSA) is 25.2 Å². The SMILES string of the molecule is c1ccc(-c2cccc(-c3ccc(N(c4ccc5oc6ccccc6c5c4)c4ccc5c(c4)n4c6ccccc6c6ccc7c8ccccc8n5c7c64)cc3)c2)cc1. The van der Waals surface area contributed by atoms with Crippen LogP contribution in [0.15, 0.2) is 205 Å². The third-order valence-corrected chi connectivity index (χ3v) is 12.2. The maximum absolute atomic E-state index is 6.31. The second-order valence-electron chi connectivity index (χ2n) is 15.3. The Kier molecular flexibility index (Phi) is 6.41. The minimum atomic E-state index is 0.880. The van der Waals surface area contributed by atoms with Crippen LogP contribution in [-0.2, 0) is 0 Å². The molecule has 0 bridgehead atoms. The summed E-state index contributed by atoms with van der Waals surface area (Å²) in [5, 5.41) is 7.28. The average molecular weight is 740 g/mol. The van der Waals surface area contributed by atoms with Crippen molar-refractivity contribution in [2.45, 2.75) is 0 Å². The molecule has 270 valence electrons. The van der Waals surface area contributed by atoms with Gasteiger partial charge < -0.3 is 18.1 Å². The smallest absolute Gasteiger partial charge is 0.135 e. The first-order valence-corrected chi connectivity index (χ1v) is 19.8. The van der Waals surface area contributed by atoms with Crippen molar-refractivity contribution < 1.29 is 4.42 Å². The lowest BCUT2D eigenvalue weighted by molar-refractivity contribution is 0.669. The van der Waals surface area contributed by atoms with E-state index in [1.165, 1.54) is 71.4 Å². The Labute approximate surface area is 333 Å². The quantitative estimate of drug-likeness (QED) is 0.164. The third kappa shape index (κ3) is 4.40. The minimum Gasteiger partial charge on any atom is -0.456 e. The van der Waals surface area contributed by atoms with Crippen LogP contribution in [0.5, 0.6) is 0 Å². The third-order valence-electron chi connectivity index (χ3n) is 12.2. The van der Waals surface area contributed by atoms with Crippen LogP contribution in [0.2, 0.25) is 0 Å². The van der Waals surface area contributed by atoms with Crippen LogP contribution in [0, 0.1) is 0 Å². The molecule has 13 rings (SSSR count). The molecule has 0 saturated heterocycles. The molecule has 9 aromatic carbocycles. The molecule has 0 aliphatic heterocycles. The van der Waals surface area contributed by atoms with E-state index in [1.807, 2.05) is 12.1 Å². The van der Waals surface area contributed by atoms with Crippen molar-refractivity contribution in [2.75, 3.05) is 4.90 Å². The molecular weight excluding hydrogens is 707 g/mol. The monoisotopic (exact) mass is 739 g/mol. The van der Waals surface area contributed by atoms with Gasteiger partial charge in [-0.2, -0.15) is 0 Å². The normalized spacial score (nSPS) is 12.1. The number of hydrogen-bond donors (Lipinski definition) is 0. The lowest BCUT2D eigenvalue weighted by atomic mass is 9.99. The first kappa shape index (κ1) is 31.4. The fraction of sp³-hybridized carbons (Fsp3) is 0. The van der Waals surface area contributed by atoms with Gasteiger partial charge in [-0.15, -0.1) is 0 Å². The Bertz CT molecular complexity index is 3740. The zero-order valence-corrected chi connectivity index (χ0v) is 31.3. The van der Waals surface area contributed by atoms with Crippen LogP contribution in [0.3, 0.4) is 0 Å². The van der Waals surface area contributed by atoms with Gasteiger partial charge in [-0.25, -0.2) is 0 Å². The van der Waals surface area contributed by atoms with Crippen molar-refractivity contribution in [1.29, 1.82) is 0 Å². The van der Waals surface area contributed by atoms with E-state index in [0.29, 0.717) is 0 Å². The van der Waals surface area contributed by atoms with Crippen molar-refractivity contribution in [1.82, 2.24) is 8.80 Å². The van der Waals surface area contributed by atoms with E-state index in [9.17, 15) is 0 Å². The zero-order valence-electron chi connectivity index (χ0n) is 31.3. The van der Waals surface area contributed by atoms with E-state index in [2.05, 4.69) is 202 Å². The molecule has 13 aromatic rings. The predicted octanol–water partition coefficient (Wildman–Crippen LogP) is 14.9. The van der Waals surface area contributed by atoms with Crippen LogP contribution in [0.1, 0.15) is 0 Å². The maximum Gasteiger partial charge on any atom is 0.135 e. The fourth-order valence-electron chi connectivity index (χ4n) is 9.63. The molecule has 0 fully saturated rings. The number of para-hydroxylation sites is 3. The average Bonchev–Trinajstić information content (AvgIpc) is 3.95. The highest BCUT2D eigenvalue weighted by Gasteiger charge is 2.23. The van der Waals surface area contributed by atoms with Gasteiger partial charge in [0.2, 0.25) is 0 Å². The molecule has 4 heteroatoms. The molecule has 0 atom stereocenters. The Hall–Kier alpha value is -7.82. The van der Waals surface area contributed by atoms with Crippen LogP contribution >= 0.6 is 0 Å². The molecule has 4 heterocycles. The van der Waals surface area contributed by atoms with E-state index < -0.39 is 0 Å². The molecule has 0 amide bonds. The van der Waals surface area contributed by atoms with Gasteiger partial charge in [0.05, 0.1) is 33.1 Å². The Morgan fingerprint density at radius 2 is 0.828 bits per heavy atom. The highest BCUT2D eigenvalue weighted by molar-refractivity contribution is 6.25. The van der Waals surface area contributed by atoms with E-state index in [-0.39, 0.29) is 0 Å². The van der Waals surface area contributed by atoms with Crippen molar-refractivity contribution in [3.8, 4) is 22.3 Å². The Balaban J connectivity index is 1.06. The summed E-state index contributed by atoms with van der Waals surface area (Å²) in [6.07, 6.45) is 0. The summed E-state index contributed by atoms with van der Waals surface area (Å²) in [5.41, 5.74) is 17.0. The van der Waals surface area contributed by atoms with Crippen molar-refractivity contribution in [2.24, 2.45) is 0 Å². The number of fused-ring (bicyclic) bond motifs is 12. The Morgan fingerprint density at radius 1 is 0.293 bits per heavy atom. The number of benzene rings is 9. The van der Waals surface area contributed by atoms with Gasteiger partial charge in [-0.3, -0.25) is 0 Å². The summed E-state index contributed by atoms with van der Waals surface area (Å²) < 4.78 is 11.3. The Morgan fingerprint density at radius 3 is 1.55 bits per heavy atom. The molecule has 4 nitrogen and oxygen atoms in total. The molecule has 4 aromatic heterocycles. The zero-order chi connectivity index (χ0) is 37.9. The molecule has 0 aliphatic rings. The van der Waals surface area contributed by atoms with Gasteiger partial charge in [0, 0.05) is 49.4 Å². The van der Waals surface area contributed by atoms with Crippen LogP contribution < -0.4 is 4.90 Å². The number of rotatable bonds is 5. The molecular formula is C54H33N3O. The fourth-order valence-corrected chi connectivity index (χ4v) is 9.63. The van der Waals surface area contributed by atoms with Gasteiger partial charge in [-0.05, 0) is 95.1 Å². The number of aromatic nitrogens is 2. The number of furan rings is 1. The first-order valence-electron chi connectivity index (χ1n) is 19.8. The van der Waals surface area contributed by atoms with Crippen LogP contribution in [-0.4, -0.2) is 8.80 Å². The number of hydrogen-bond acceptors (Lipinski definition) is 2. The lowest BCUT2D eigenvalue weighted by Crippen LogP contribution is -2.10. The summed E-state index contributed by atoms with van der Waals surface area (Å²) in [6, 6.07) is 72.5. The summed E-state index contributed by atoms with van der Waals surface area (Å²) in [6.45, 7) is 0. The number of anilines is 3. The van der Waals surface area contributed by atoms with Gasteiger partial charge >= 0.3 is 0 Å². The lowest BCUT2D eigenvalue weighted by Gasteiger charge is -2.26. The molecule has 0 N–H and O–H groups in total. The molecule has 0 aliphatic carbocycles. The maximum atomic E-state index is 6.31. The largest absolute Gasteiger partial charge is 0.456 e. The second kappa shape index (κ2) is 11.8. The molecule has 0 unspecified atom stereocenters. The standard InChI is InChI=1S/C54H33N3O/c1-2-11-34(12-3-1)36-13-10-14-37(31-36)35-21-23-38(24-22-35)55(39-26-30-52-46(32-39)43-17-6-9-20-51(43)58-52)40-25-29-49-50(33-40)57-48-19-8-5-16-42(48)45-28-27-44-41-15-4-7-18-47(41)56(49)53(44)54(45)57/h1-33H. The van der Waals surface area contributed by atoms with Gasteiger partial charge in [0.15, 0.2) is 0 Å². The van der Waals surface area contributed by atoms with Gasteiger partial charge in [-0.1, -0.05) is 127 Å². The second-order valence-corrected chi connectivity index (χ2v) is 15.3. The molecule has 0 radical (unpaired) electrons. The highest BCUT2D eigenvalue weighted by atomic mass is 16.3. The molecule has 58 heavy (non-hydrogen) atoms. The van der Waals surface area contributed by atoms with Crippen LogP contribution in [0.25, 0.3) is 98.8 Å². The van der Waals surface area contributed by atoms with Gasteiger partial charge in [0.25, 0.3) is 0 Å². The summed E-state index contributed by atoms with van der Waals surface area (Å²) in [5.74, 6) is 0. The molecule has 0 saturated carbocycles. The summed E-state index contributed by atoms with van der Waals surface area (Å²) in [4.78, 5) is 2.39. The van der Waals surface area contributed by atoms with Crippen LogP contribution in [0.4, 0.5) is 17.1 Å². The van der Waals surface area contributed by atoms with Crippen molar-refractivity contribution in [3.05, 3.63) is 200 Å². The number of nitrogens with zero attached hydrogens (tertiary/aromatic N) is 3. The van der Waals surface area contributed by atoms with E-state index in [4.69, 9.17) is 4.42 Å². The molecule has 0 spiro atoms. The van der Waals surface area contributed by atoms with Crippen molar-refractivity contribution >= 4 is 93.6 Å².